The fourth-order valence-corrected chi connectivity index (χ4v) is 6.50. The van der Waals surface area contributed by atoms with Crippen molar-refractivity contribution in [3.63, 3.8) is 0 Å². The van der Waals surface area contributed by atoms with E-state index in [0.29, 0.717) is 24.5 Å². The normalized spacial score (nSPS) is 24.9. The van der Waals surface area contributed by atoms with Crippen LogP contribution in [0.2, 0.25) is 0 Å². The van der Waals surface area contributed by atoms with Gasteiger partial charge in [0.05, 0.1) is 0 Å². The Morgan fingerprint density at radius 2 is 1.22 bits per heavy atom. The smallest absolute Gasteiger partial charge is 0.296 e. The van der Waals surface area contributed by atoms with E-state index < -0.39 is 45.6 Å². The maximum absolute atomic E-state index is 14.7. The Kier molecular flexibility index (Phi) is 7.85. The summed E-state index contributed by atoms with van der Waals surface area (Å²) in [6.07, 6.45) is 0. The molecule has 6 rings (SSSR count). The molecular formula is C32H29BrN6O6. The Bertz CT molecular complexity index is 1700. The number of nitrogens with zero attached hydrogens (tertiary/aromatic N) is 4. The molecule has 230 valence electrons. The largest absolute Gasteiger partial charge is 0.345 e. The zero-order chi connectivity index (χ0) is 31.9. The standard InChI is InChI=1S/C32H29BrN6O6/c1-21-12-14-22(15-13-21)20-36-16-18-37(19-17-36)39-28(43)32(26(41)35-30(39)45,24-10-6-3-7-11-24)38-27(42)31(33,25(40)34-29(38)44)23-8-4-2-5-9-23/h2-15H,16-20H2,1H3,(H,34,40,44)(H,35,41,45). The van der Waals surface area contributed by atoms with E-state index in [2.05, 4.69) is 31.5 Å². The number of hydrazine groups is 1. The number of nitrogens with one attached hydrogen (secondary N) is 2. The lowest BCUT2D eigenvalue weighted by Crippen LogP contribution is -2.80. The van der Waals surface area contributed by atoms with Crippen LogP contribution in [0.3, 0.4) is 0 Å². The highest BCUT2D eigenvalue weighted by Crippen LogP contribution is 2.43. The van der Waals surface area contributed by atoms with Crippen molar-refractivity contribution < 1.29 is 28.8 Å². The average Bonchev–Trinajstić information content (AvgIpc) is 3.04. The first kappa shape index (κ1) is 30.3. The number of benzene rings is 3. The average molecular weight is 674 g/mol. The van der Waals surface area contributed by atoms with E-state index in [4.69, 9.17) is 0 Å². The van der Waals surface area contributed by atoms with E-state index in [1.165, 1.54) is 41.4 Å². The fourth-order valence-electron chi connectivity index (χ4n) is 5.96. The molecule has 3 aromatic carbocycles. The van der Waals surface area contributed by atoms with Gasteiger partial charge in [0, 0.05) is 32.7 Å². The second-order valence-corrected chi connectivity index (χ2v) is 12.3. The number of urea groups is 2. The van der Waals surface area contributed by atoms with Crippen LogP contribution in [0.15, 0.2) is 84.9 Å². The fraction of sp³-hybridized carbons (Fsp3) is 0.250. The Morgan fingerprint density at radius 3 is 1.82 bits per heavy atom. The van der Waals surface area contributed by atoms with Crippen LogP contribution < -0.4 is 10.6 Å². The summed E-state index contributed by atoms with van der Waals surface area (Å²) in [6.45, 7) is 4.16. The maximum atomic E-state index is 14.7. The number of carbonyl (C=O) groups excluding carboxylic acids is 6. The van der Waals surface area contributed by atoms with Crippen LogP contribution in [0.25, 0.3) is 0 Å². The molecule has 3 aliphatic heterocycles. The minimum atomic E-state index is -2.66. The monoisotopic (exact) mass is 672 g/mol. The highest BCUT2D eigenvalue weighted by Gasteiger charge is 2.68. The minimum Gasteiger partial charge on any atom is -0.296 e. The second kappa shape index (κ2) is 11.7. The minimum absolute atomic E-state index is 0.0382. The molecule has 13 heteroatoms. The summed E-state index contributed by atoms with van der Waals surface area (Å²) < 4.78 is -2.15. The van der Waals surface area contributed by atoms with Gasteiger partial charge >= 0.3 is 12.1 Å². The summed E-state index contributed by atoms with van der Waals surface area (Å²) >= 11 is 3.25. The van der Waals surface area contributed by atoms with Crippen LogP contribution in [0.1, 0.15) is 22.3 Å². The topological polar surface area (TPSA) is 139 Å². The number of imide groups is 4. The van der Waals surface area contributed by atoms with Gasteiger partial charge in [-0.25, -0.2) is 19.5 Å². The van der Waals surface area contributed by atoms with Gasteiger partial charge in [-0.2, -0.15) is 5.01 Å². The number of hydrogen-bond acceptors (Lipinski definition) is 8. The molecule has 0 spiro atoms. The van der Waals surface area contributed by atoms with E-state index in [1.54, 1.807) is 24.3 Å². The van der Waals surface area contributed by atoms with Crippen LogP contribution in [-0.2, 0) is 35.6 Å². The first-order valence-electron chi connectivity index (χ1n) is 14.3. The number of amides is 8. The molecule has 0 aromatic heterocycles. The van der Waals surface area contributed by atoms with Crippen molar-refractivity contribution in [3.05, 3.63) is 107 Å². The number of barbiturate groups is 2. The van der Waals surface area contributed by atoms with Crippen molar-refractivity contribution in [2.45, 2.75) is 23.3 Å². The van der Waals surface area contributed by atoms with Gasteiger partial charge in [-0.1, -0.05) is 106 Å². The molecule has 3 saturated heterocycles. The van der Waals surface area contributed by atoms with Crippen molar-refractivity contribution in [2.75, 3.05) is 26.2 Å². The van der Waals surface area contributed by atoms with Crippen molar-refractivity contribution in [2.24, 2.45) is 0 Å². The summed E-state index contributed by atoms with van der Waals surface area (Å²) in [5.74, 6) is -4.45. The van der Waals surface area contributed by atoms with Gasteiger partial charge in [0.2, 0.25) is 9.86 Å². The van der Waals surface area contributed by atoms with Crippen LogP contribution in [0, 0.1) is 6.92 Å². The predicted octanol–water partition coefficient (Wildman–Crippen LogP) is 2.37. The summed E-state index contributed by atoms with van der Waals surface area (Å²) in [5, 5.41) is 6.66. The predicted molar refractivity (Wildman–Crippen MR) is 164 cm³/mol. The summed E-state index contributed by atoms with van der Waals surface area (Å²) in [5.41, 5.74) is -0.251. The van der Waals surface area contributed by atoms with Crippen molar-refractivity contribution in [1.29, 1.82) is 0 Å². The third-order valence-corrected chi connectivity index (χ3v) is 9.49. The molecule has 3 heterocycles. The third-order valence-electron chi connectivity index (χ3n) is 8.33. The molecule has 3 fully saturated rings. The molecule has 8 amide bonds. The lowest BCUT2D eigenvalue weighted by molar-refractivity contribution is -0.173. The number of aryl methyl sites for hydroxylation is 1. The number of piperazine rings is 1. The van der Waals surface area contributed by atoms with Gasteiger partial charge in [0.15, 0.2) is 0 Å². The van der Waals surface area contributed by atoms with Gasteiger partial charge in [0.25, 0.3) is 23.6 Å². The number of alkyl halides is 1. The summed E-state index contributed by atoms with van der Waals surface area (Å²) in [6, 6.07) is 21.3. The van der Waals surface area contributed by atoms with Crippen LogP contribution >= 0.6 is 15.9 Å². The van der Waals surface area contributed by atoms with E-state index in [-0.39, 0.29) is 24.2 Å². The van der Waals surface area contributed by atoms with Gasteiger partial charge < -0.3 is 0 Å². The number of rotatable bonds is 6. The van der Waals surface area contributed by atoms with E-state index in [0.717, 1.165) is 16.1 Å². The number of hydrogen-bond donors (Lipinski definition) is 2. The summed E-state index contributed by atoms with van der Waals surface area (Å²) in [7, 11) is 0. The Labute approximate surface area is 267 Å². The third kappa shape index (κ3) is 4.93. The number of halogens is 1. The Balaban J connectivity index is 1.38. The van der Waals surface area contributed by atoms with Crippen molar-refractivity contribution >= 4 is 51.6 Å². The van der Waals surface area contributed by atoms with E-state index >= 15 is 0 Å². The van der Waals surface area contributed by atoms with Crippen molar-refractivity contribution in [3.8, 4) is 0 Å². The van der Waals surface area contributed by atoms with Gasteiger partial charge in [-0.15, -0.1) is 0 Å². The molecule has 45 heavy (non-hydrogen) atoms. The Hall–Kier alpha value is -4.72. The molecule has 3 aliphatic rings. The zero-order valence-corrected chi connectivity index (χ0v) is 25.8. The molecule has 0 radical (unpaired) electrons. The lowest BCUT2D eigenvalue weighted by Gasteiger charge is -2.50. The van der Waals surface area contributed by atoms with Gasteiger partial charge in [-0.3, -0.25) is 34.7 Å². The molecule has 0 bridgehead atoms. The maximum Gasteiger partial charge on any atom is 0.345 e. The molecular weight excluding hydrogens is 644 g/mol. The number of carbonyl (C=O) groups is 6. The molecule has 2 atom stereocenters. The van der Waals surface area contributed by atoms with E-state index in [9.17, 15) is 28.8 Å². The van der Waals surface area contributed by atoms with Crippen molar-refractivity contribution in [1.82, 2.24) is 30.5 Å². The highest BCUT2D eigenvalue weighted by atomic mass is 79.9. The highest BCUT2D eigenvalue weighted by molar-refractivity contribution is 9.10. The molecule has 0 saturated carbocycles. The van der Waals surface area contributed by atoms with E-state index in [1.807, 2.05) is 31.2 Å². The first-order valence-corrected chi connectivity index (χ1v) is 15.1. The van der Waals surface area contributed by atoms with Gasteiger partial charge in [-0.05, 0) is 23.6 Å². The van der Waals surface area contributed by atoms with Crippen LogP contribution in [-0.4, -0.2) is 81.7 Å². The second-order valence-electron chi connectivity index (χ2n) is 11.1. The lowest BCUT2D eigenvalue weighted by atomic mass is 9.82. The van der Waals surface area contributed by atoms with Gasteiger partial charge in [0.1, 0.15) is 0 Å². The zero-order valence-electron chi connectivity index (χ0n) is 24.2. The molecule has 3 aromatic rings. The van der Waals surface area contributed by atoms with Crippen LogP contribution in [0.5, 0.6) is 0 Å². The quantitative estimate of drug-likeness (QED) is 0.301. The van der Waals surface area contributed by atoms with Crippen LogP contribution in [0.4, 0.5) is 9.59 Å². The molecule has 2 unspecified atom stereocenters. The SMILES string of the molecule is Cc1ccc(CN2CCN(N3C(=O)NC(=O)C(c4ccccc4)(N4C(=O)NC(=O)C(Br)(c5ccccc5)C4=O)C3=O)CC2)cc1. The first-order chi connectivity index (χ1) is 21.6. The molecule has 2 N–H and O–H groups in total. The molecule has 12 nitrogen and oxygen atoms in total. The summed E-state index contributed by atoms with van der Waals surface area (Å²) in [4.78, 5) is 85.9. The molecule has 0 aliphatic carbocycles. The Morgan fingerprint density at radius 1 is 0.667 bits per heavy atom.